The molecule has 1 aliphatic heterocycles. The molecule has 0 amide bonds. The van der Waals surface area contributed by atoms with Crippen molar-refractivity contribution in [3.05, 3.63) is 76.8 Å². The lowest BCUT2D eigenvalue weighted by Crippen LogP contribution is -2.45. The van der Waals surface area contributed by atoms with Gasteiger partial charge in [-0.2, -0.15) is 0 Å². The standard InChI is InChI=1S/C24H28ClN3O/c25-23-8-4-2-6-20(23)18-29-24-10-9-19-5-1-3-7-21(19)22(24)17-27-13-16-28-14-11-26-12-15-28/h1-10,26-27H,11-18H2. The van der Waals surface area contributed by atoms with Crippen molar-refractivity contribution in [3.8, 4) is 5.75 Å². The Hall–Kier alpha value is -2.11. The quantitative estimate of drug-likeness (QED) is 0.550. The van der Waals surface area contributed by atoms with Gasteiger partial charge in [0.2, 0.25) is 0 Å². The van der Waals surface area contributed by atoms with Gasteiger partial charge in [0.25, 0.3) is 0 Å². The molecule has 152 valence electrons. The molecule has 3 aromatic carbocycles. The Bertz CT molecular complexity index is 940. The molecule has 2 N–H and O–H groups in total. The summed E-state index contributed by atoms with van der Waals surface area (Å²) in [6.45, 7) is 7.71. The summed E-state index contributed by atoms with van der Waals surface area (Å²) in [6.07, 6.45) is 0. The van der Waals surface area contributed by atoms with Crippen LogP contribution in [-0.2, 0) is 13.2 Å². The fourth-order valence-electron chi connectivity index (χ4n) is 3.79. The molecular formula is C24H28ClN3O. The highest BCUT2D eigenvalue weighted by Crippen LogP contribution is 2.29. The molecule has 0 aliphatic carbocycles. The molecule has 1 fully saturated rings. The van der Waals surface area contributed by atoms with Crippen molar-refractivity contribution in [2.45, 2.75) is 13.2 Å². The largest absolute Gasteiger partial charge is 0.488 e. The van der Waals surface area contributed by atoms with Gasteiger partial charge >= 0.3 is 0 Å². The summed E-state index contributed by atoms with van der Waals surface area (Å²) in [5.74, 6) is 0.915. The fraction of sp³-hybridized carbons (Fsp3) is 0.333. The van der Waals surface area contributed by atoms with E-state index in [1.807, 2.05) is 24.3 Å². The molecule has 0 spiro atoms. The zero-order valence-corrected chi connectivity index (χ0v) is 17.4. The summed E-state index contributed by atoms with van der Waals surface area (Å²) in [5, 5.41) is 10.2. The smallest absolute Gasteiger partial charge is 0.124 e. The van der Waals surface area contributed by atoms with Crippen LogP contribution in [0.3, 0.4) is 0 Å². The Morgan fingerprint density at radius 2 is 1.76 bits per heavy atom. The van der Waals surface area contributed by atoms with Gasteiger partial charge in [-0.15, -0.1) is 0 Å². The normalized spacial score (nSPS) is 14.9. The predicted molar refractivity (Wildman–Crippen MR) is 121 cm³/mol. The SMILES string of the molecule is Clc1ccccc1COc1ccc2ccccc2c1CNCCN1CCNCC1. The molecule has 1 aliphatic rings. The molecule has 0 unspecified atom stereocenters. The molecule has 0 aromatic heterocycles. The lowest BCUT2D eigenvalue weighted by Gasteiger charge is -2.27. The van der Waals surface area contributed by atoms with Gasteiger partial charge in [-0.05, 0) is 22.9 Å². The van der Waals surface area contributed by atoms with Gasteiger partial charge in [-0.1, -0.05) is 60.1 Å². The zero-order chi connectivity index (χ0) is 19.9. The summed E-state index contributed by atoms with van der Waals surface area (Å²) in [6, 6.07) is 20.5. The van der Waals surface area contributed by atoms with Crippen LogP contribution in [0, 0.1) is 0 Å². The molecule has 3 aromatic rings. The number of piperazine rings is 1. The minimum atomic E-state index is 0.464. The van der Waals surface area contributed by atoms with Gasteiger partial charge in [-0.3, -0.25) is 4.90 Å². The van der Waals surface area contributed by atoms with E-state index in [1.165, 1.54) is 16.3 Å². The Labute approximate surface area is 177 Å². The lowest BCUT2D eigenvalue weighted by atomic mass is 10.0. The molecule has 4 rings (SSSR count). The maximum Gasteiger partial charge on any atom is 0.124 e. The van der Waals surface area contributed by atoms with Crippen molar-refractivity contribution < 1.29 is 4.74 Å². The van der Waals surface area contributed by atoms with Gasteiger partial charge in [0.1, 0.15) is 12.4 Å². The first-order valence-electron chi connectivity index (χ1n) is 10.3. The van der Waals surface area contributed by atoms with Crippen LogP contribution in [0.4, 0.5) is 0 Å². The van der Waals surface area contributed by atoms with E-state index in [-0.39, 0.29) is 0 Å². The lowest BCUT2D eigenvalue weighted by molar-refractivity contribution is 0.240. The summed E-state index contributed by atoms with van der Waals surface area (Å²) in [5.41, 5.74) is 2.20. The van der Waals surface area contributed by atoms with Gasteiger partial charge in [-0.25, -0.2) is 0 Å². The Morgan fingerprint density at radius 3 is 2.62 bits per heavy atom. The Morgan fingerprint density at radius 1 is 0.966 bits per heavy atom. The second-order valence-corrected chi connectivity index (χ2v) is 7.82. The summed E-state index contributed by atoms with van der Waals surface area (Å²) in [7, 11) is 0. The minimum absolute atomic E-state index is 0.464. The van der Waals surface area contributed by atoms with E-state index in [1.54, 1.807) is 0 Å². The van der Waals surface area contributed by atoms with Gasteiger partial charge < -0.3 is 15.4 Å². The zero-order valence-electron chi connectivity index (χ0n) is 16.7. The monoisotopic (exact) mass is 409 g/mol. The number of nitrogens with zero attached hydrogens (tertiary/aromatic N) is 1. The van der Waals surface area contributed by atoms with E-state index >= 15 is 0 Å². The molecule has 1 heterocycles. The van der Waals surface area contributed by atoms with E-state index < -0.39 is 0 Å². The molecule has 4 nitrogen and oxygen atoms in total. The van der Waals surface area contributed by atoms with E-state index in [0.717, 1.165) is 62.1 Å². The number of ether oxygens (including phenoxy) is 1. The predicted octanol–water partition coefficient (Wildman–Crippen LogP) is 4.07. The highest BCUT2D eigenvalue weighted by molar-refractivity contribution is 6.31. The maximum absolute atomic E-state index is 6.30. The third-order valence-electron chi connectivity index (χ3n) is 5.45. The third kappa shape index (κ3) is 5.28. The number of nitrogens with one attached hydrogen (secondary N) is 2. The second-order valence-electron chi connectivity index (χ2n) is 7.41. The molecule has 0 radical (unpaired) electrons. The van der Waals surface area contributed by atoms with Crippen molar-refractivity contribution in [1.29, 1.82) is 0 Å². The average molecular weight is 410 g/mol. The van der Waals surface area contributed by atoms with E-state index in [0.29, 0.717) is 6.61 Å². The summed E-state index contributed by atoms with van der Waals surface area (Å²) in [4.78, 5) is 2.50. The molecule has 5 heteroatoms. The van der Waals surface area contributed by atoms with Crippen molar-refractivity contribution in [2.75, 3.05) is 39.3 Å². The van der Waals surface area contributed by atoms with Crippen LogP contribution in [0.25, 0.3) is 10.8 Å². The number of rotatable bonds is 8. The molecule has 29 heavy (non-hydrogen) atoms. The molecular weight excluding hydrogens is 382 g/mol. The van der Waals surface area contributed by atoms with Crippen LogP contribution < -0.4 is 15.4 Å². The van der Waals surface area contributed by atoms with E-state index in [4.69, 9.17) is 16.3 Å². The molecule has 0 bridgehead atoms. The maximum atomic E-state index is 6.30. The number of hydrogen-bond donors (Lipinski definition) is 2. The van der Waals surface area contributed by atoms with Crippen LogP contribution in [0.2, 0.25) is 5.02 Å². The van der Waals surface area contributed by atoms with Crippen LogP contribution in [0.15, 0.2) is 60.7 Å². The number of fused-ring (bicyclic) bond motifs is 1. The minimum Gasteiger partial charge on any atom is -0.488 e. The number of halogens is 1. The fourth-order valence-corrected chi connectivity index (χ4v) is 3.98. The Balaban J connectivity index is 1.46. The van der Waals surface area contributed by atoms with Crippen molar-refractivity contribution in [3.63, 3.8) is 0 Å². The number of hydrogen-bond acceptors (Lipinski definition) is 4. The van der Waals surface area contributed by atoms with Crippen LogP contribution >= 0.6 is 11.6 Å². The van der Waals surface area contributed by atoms with Gasteiger partial charge in [0.15, 0.2) is 0 Å². The van der Waals surface area contributed by atoms with Gasteiger partial charge in [0.05, 0.1) is 0 Å². The van der Waals surface area contributed by atoms with Crippen LogP contribution in [0.1, 0.15) is 11.1 Å². The van der Waals surface area contributed by atoms with Crippen molar-refractivity contribution >= 4 is 22.4 Å². The first-order chi connectivity index (χ1) is 14.3. The summed E-state index contributed by atoms with van der Waals surface area (Å²) >= 11 is 6.30. The third-order valence-corrected chi connectivity index (χ3v) is 5.82. The van der Waals surface area contributed by atoms with E-state index in [2.05, 4.69) is 51.9 Å². The first kappa shape index (κ1) is 20.2. The molecule has 1 saturated heterocycles. The topological polar surface area (TPSA) is 36.5 Å². The average Bonchev–Trinajstić information content (AvgIpc) is 2.77. The van der Waals surface area contributed by atoms with Crippen LogP contribution in [0.5, 0.6) is 5.75 Å². The highest BCUT2D eigenvalue weighted by atomic mass is 35.5. The van der Waals surface area contributed by atoms with E-state index in [9.17, 15) is 0 Å². The second kappa shape index (κ2) is 10.1. The van der Waals surface area contributed by atoms with Crippen molar-refractivity contribution in [1.82, 2.24) is 15.5 Å². The Kier molecular flexibility index (Phi) is 7.01. The highest BCUT2D eigenvalue weighted by Gasteiger charge is 2.11. The van der Waals surface area contributed by atoms with Gasteiger partial charge in [0, 0.05) is 62.0 Å². The molecule has 0 atom stereocenters. The number of benzene rings is 3. The first-order valence-corrected chi connectivity index (χ1v) is 10.7. The van der Waals surface area contributed by atoms with Crippen LogP contribution in [-0.4, -0.2) is 44.2 Å². The molecule has 0 saturated carbocycles. The van der Waals surface area contributed by atoms with Crippen molar-refractivity contribution in [2.24, 2.45) is 0 Å². The summed E-state index contributed by atoms with van der Waals surface area (Å²) < 4.78 is 6.22.